The summed E-state index contributed by atoms with van der Waals surface area (Å²) in [6.45, 7) is 5.30. The van der Waals surface area contributed by atoms with Gasteiger partial charge in [-0.2, -0.15) is 0 Å². The molecule has 0 bridgehead atoms. The van der Waals surface area contributed by atoms with E-state index in [0.29, 0.717) is 33.6 Å². The van der Waals surface area contributed by atoms with Crippen LogP contribution in [0.25, 0.3) is 17.1 Å². The Morgan fingerprint density at radius 2 is 1.76 bits per heavy atom. The second kappa shape index (κ2) is 10.8. The highest BCUT2D eigenvalue weighted by atomic mass is 32.2. The third kappa shape index (κ3) is 5.29. The minimum absolute atomic E-state index is 0.0451. The number of hydrogen-bond donors (Lipinski definition) is 1. The molecule has 196 valence electrons. The van der Waals surface area contributed by atoms with Crippen LogP contribution in [-0.4, -0.2) is 59.7 Å². The number of para-hydroxylation sites is 1. The lowest BCUT2D eigenvalue weighted by Gasteiger charge is -2.22. The van der Waals surface area contributed by atoms with Crippen molar-refractivity contribution in [2.45, 2.75) is 32.1 Å². The molecule has 1 N–H and O–H groups in total. The van der Waals surface area contributed by atoms with Crippen LogP contribution in [0.4, 0.5) is 5.95 Å². The maximum absolute atomic E-state index is 13.6. The summed E-state index contributed by atoms with van der Waals surface area (Å²) in [7, 11) is 0.449. The van der Waals surface area contributed by atoms with E-state index in [1.54, 1.807) is 42.1 Å². The Labute approximate surface area is 219 Å². The first-order chi connectivity index (χ1) is 17.7. The van der Waals surface area contributed by atoms with Crippen molar-refractivity contribution in [1.29, 1.82) is 0 Å². The molecule has 11 nitrogen and oxygen atoms in total. The summed E-state index contributed by atoms with van der Waals surface area (Å²) in [5.41, 5.74) is 2.75. The van der Waals surface area contributed by atoms with Gasteiger partial charge in [0.05, 0.1) is 14.2 Å². The molecule has 0 aliphatic heterocycles. The number of anilines is 1. The van der Waals surface area contributed by atoms with Crippen LogP contribution in [0.1, 0.15) is 29.3 Å². The molecule has 0 saturated carbocycles. The Morgan fingerprint density at radius 1 is 1.05 bits per heavy atom. The summed E-state index contributed by atoms with van der Waals surface area (Å²) in [4.78, 5) is 8.67. The van der Waals surface area contributed by atoms with Crippen LogP contribution >= 0.6 is 11.3 Å². The van der Waals surface area contributed by atoms with Gasteiger partial charge in [0, 0.05) is 36.1 Å². The summed E-state index contributed by atoms with van der Waals surface area (Å²) >= 11 is 1.34. The van der Waals surface area contributed by atoms with Crippen LogP contribution in [0.3, 0.4) is 0 Å². The average molecular weight is 545 g/mol. The zero-order chi connectivity index (χ0) is 26.7. The largest absolute Gasteiger partial charge is 0.494 e. The first-order valence-corrected chi connectivity index (χ1v) is 13.7. The molecule has 4 aromatic rings. The van der Waals surface area contributed by atoms with Gasteiger partial charge in [-0.3, -0.25) is 14.3 Å². The summed E-state index contributed by atoms with van der Waals surface area (Å²) in [6, 6.07) is 7.12. The predicted molar refractivity (Wildman–Crippen MR) is 141 cm³/mol. The lowest BCUT2D eigenvalue weighted by Crippen LogP contribution is -2.32. The minimum atomic E-state index is -4.04. The molecular weight excluding hydrogens is 516 g/mol. The number of benzene rings is 1. The van der Waals surface area contributed by atoms with E-state index in [1.165, 1.54) is 32.7 Å². The molecule has 0 fully saturated rings. The number of sulfonamides is 1. The van der Waals surface area contributed by atoms with Crippen molar-refractivity contribution in [3.63, 3.8) is 0 Å². The number of pyridine rings is 1. The molecule has 0 saturated heterocycles. The van der Waals surface area contributed by atoms with Gasteiger partial charge < -0.3 is 14.2 Å². The summed E-state index contributed by atoms with van der Waals surface area (Å²) < 4.78 is 48.1. The Morgan fingerprint density at radius 3 is 2.32 bits per heavy atom. The fourth-order valence-electron chi connectivity index (χ4n) is 3.86. The van der Waals surface area contributed by atoms with Crippen LogP contribution in [0.5, 0.6) is 11.5 Å². The number of nitrogens with one attached hydrogen (secondary N) is 1. The normalized spacial score (nSPS) is 13.2. The van der Waals surface area contributed by atoms with Gasteiger partial charge in [-0.15, -0.1) is 21.5 Å². The van der Waals surface area contributed by atoms with Gasteiger partial charge >= 0.3 is 0 Å². The van der Waals surface area contributed by atoms with E-state index >= 15 is 0 Å². The number of nitrogens with zero attached hydrogens (tertiary/aromatic N) is 5. The molecule has 2 atom stereocenters. The number of hydrogen-bond acceptors (Lipinski definition) is 10. The maximum Gasteiger partial charge on any atom is 0.243 e. The van der Waals surface area contributed by atoms with Gasteiger partial charge in [0.25, 0.3) is 0 Å². The summed E-state index contributed by atoms with van der Waals surface area (Å²) in [6.07, 6.45) is 2.56. The van der Waals surface area contributed by atoms with Crippen LogP contribution in [-0.2, 0) is 14.8 Å². The quantitative estimate of drug-likeness (QED) is 0.315. The molecule has 0 radical (unpaired) electrons. The van der Waals surface area contributed by atoms with Crippen molar-refractivity contribution in [2.75, 3.05) is 26.1 Å². The van der Waals surface area contributed by atoms with Crippen molar-refractivity contribution < 1.29 is 22.6 Å². The Balaban J connectivity index is 1.86. The fraction of sp³-hybridized carbons (Fsp3) is 0.333. The van der Waals surface area contributed by atoms with Crippen LogP contribution in [0.2, 0.25) is 0 Å². The lowest BCUT2D eigenvalue weighted by atomic mass is 10.2. The fourth-order valence-corrected chi connectivity index (χ4v) is 6.06. The first kappa shape index (κ1) is 26.5. The Hall–Kier alpha value is -3.55. The van der Waals surface area contributed by atoms with Crippen molar-refractivity contribution in [2.24, 2.45) is 0 Å². The SMILES string of the molecule is COc1cccc(OC)c1-n1c(NS(=O)(=O)C(C)C(OC)c2nc(C)cs2)nnc1-c1cncc(C)c1. The van der Waals surface area contributed by atoms with Crippen molar-refractivity contribution in [1.82, 2.24) is 24.7 Å². The molecule has 0 spiro atoms. The Kier molecular flexibility index (Phi) is 7.76. The summed E-state index contributed by atoms with van der Waals surface area (Å²) in [5.74, 6) is 1.17. The highest BCUT2D eigenvalue weighted by molar-refractivity contribution is 7.93. The monoisotopic (exact) mass is 544 g/mol. The number of aryl methyl sites for hydroxylation is 2. The molecule has 0 aliphatic carbocycles. The van der Waals surface area contributed by atoms with Gasteiger partial charge in [-0.25, -0.2) is 13.4 Å². The van der Waals surface area contributed by atoms with Gasteiger partial charge in [-0.1, -0.05) is 6.07 Å². The van der Waals surface area contributed by atoms with E-state index in [9.17, 15) is 8.42 Å². The lowest BCUT2D eigenvalue weighted by molar-refractivity contribution is 0.102. The predicted octanol–water partition coefficient (Wildman–Crippen LogP) is 3.94. The highest BCUT2D eigenvalue weighted by Crippen LogP contribution is 2.38. The van der Waals surface area contributed by atoms with E-state index in [0.717, 1.165) is 11.3 Å². The third-order valence-corrected chi connectivity index (χ3v) is 8.42. The van der Waals surface area contributed by atoms with Crippen molar-refractivity contribution in [3.05, 3.63) is 58.3 Å². The molecule has 3 aromatic heterocycles. The van der Waals surface area contributed by atoms with Crippen LogP contribution in [0, 0.1) is 13.8 Å². The Bertz CT molecular complexity index is 1480. The molecule has 1 aromatic carbocycles. The molecule has 37 heavy (non-hydrogen) atoms. The number of rotatable bonds is 10. The second-order valence-electron chi connectivity index (χ2n) is 8.28. The van der Waals surface area contributed by atoms with Crippen molar-refractivity contribution >= 4 is 27.3 Å². The molecule has 13 heteroatoms. The van der Waals surface area contributed by atoms with E-state index in [4.69, 9.17) is 14.2 Å². The molecule has 3 heterocycles. The number of methoxy groups -OCH3 is 3. The molecule has 4 rings (SSSR count). The number of thiazole rings is 1. The molecule has 2 unspecified atom stereocenters. The van der Waals surface area contributed by atoms with Gasteiger partial charge in [0.1, 0.15) is 33.5 Å². The smallest absolute Gasteiger partial charge is 0.243 e. The third-order valence-electron chi connectivity index (χ3n) is 5.71. The number of ether oxygens (including phenoxy) is 3. The molecular formula is C24H28N6O5S2. The molecule has 0 amide bonds. The van der Waals surface area contributed by atoms with E-state index in [-0.39, 0.29) is 5.95 Å². The van der Waals surface area contributed by atoms with Gasteiger partial charge in [-0.05, 0) is 44.5 Å². The average Bonchev–Trinajstić information content (AvgIpc) is 3.49. The minimum Gasteiger partial charge on any atom is -0.494 e. The highest BCUT2D eigenvalue weighted by Gasteiger charge is 2.35. The summed E-state index contributed by atoms with van der Waals surface area (Å²) in [5, 5.41) is 9.94. The van der Waals surface area contributed by atoms with Crippen molar-refractivity contribution in [3.8, 4) is 28.6 Å². The maximum atomic E-state index is 13.6. The van der Waals surface area contributed by atoms with Crippen LogP contribution in [0.15, 0.2) is 42.0 Å². The zero-order valence-electron chi connectivity index (χ0n) is 21.3. The second-order valence-corrected chi connectivity index (χ2v) is 11.2. The topological polar surface area (TPSA) is 130 Å². The van der Waals surface area contributed by atoms with E-state index in [2.05, 4.69) is 24.9 Å². The zero-order valence-corrected chi connectivity index (χ0v) is 22.9. The molecule has 0 aliphatic rings. The van der Waals surface area contributed by atoms with Gasteiger partial charge in [0.15, 0.2) is 5.82 Å². The van der Waals surface area contributed by atoms with E-state index in [1.807, 2.05) is 25.3 Å². The van der Waals surface area contributed by atoms with E-state index < -0.39 is 21.4 Å². The van der Waals surface area contributed by atoms with Crippen LogP contribution < -0.4 is 14.2 Å². The number of aromatic nitrogens is 5. The standard InChI is InChI=1S/C24H28N6O5S2/c1-14-10-17(12-25-11-14)22-27-28-24(30(22)20-18(33-4)8-7-9-19(20)34-5)29-37(31,32)16(3)21(35-6)23-26-15(2)13-36-23/h7-13,16,21H,1-6H3,(H,28,29). The van der Waals surface area contributed by atoms with Gasteiger partial charge in [0.2, 0.25) is 16.0 Å². The first-order valence-electron chi connectivity index (χ1n) is 11.3.